The van der Waals surface area contributed by atoms with Gasteiger partial charge in [-0.1, -0.05) is 25.1 Å². The summed E-state index contributed by atoms with van der Waals surface area (Å²) in [4.78, 5) is 12.4. The van der Waals surface area contributed by atoms with Gasteiger partial charge in [0.2, 0.25) is 0 Å². The fraction of sp³-hybridized carbons (Fsp3) is 0.381. The molecule has 0 spiro atoms. The standard InChI is InChI=1S/C21H27NO3/c1-5-20(25-19-10-7-15(3)16(4)13-19)21(23)22-14-17-8-11-18(12-9-17)24-6-2/h7-13,20H,5-6,14H2,1-4H3,(H,22,23)/t20-/m1/s1. The molecule has 0 unspecified atom stereocenters. The zero-order valence-electron chi connectivity index (χ0n) is 15.5. The van der Waals surface area contributed by atoms with Crippen LogP contribution in [0.3, 0.4) is 0 Å². The maximum absolute atomic E-state index is 12.4. The van der Waals surface area contributed by atoms with Crippen molar-refractivity contribution in [1.82, 2.24) is 5.32 Å². The molecule has 0 fully saturated rings. The zero-order chi connectivity index (χ0) is 18.2. The van der Waals surface area contributed by atoms with Crippen LogP contribution in [-0.2, 0) is 11.3 Å². The van der Waals surface area contributed by atoms with Crippen molar-refractivity contribution in [3.05, 3.63) is 59.2 Å². The van der Waals surface area contributed by atoms with Crippen LogP contribution in [0.2, 0.25) is 0 Å². The molecule has 0 saturated carbocycles. The molecule has 0 heterocycles. The van der Waals surface area contributed by atoms with Crippen LogP contribution in [0.15, 0.2) is 42.5 Å². The van der Waals surface area contributed by atoms with E-state index >= 15 is 0 Å². The molecular formula is C21H27NO3. The summed E-state index contributed by atoms with van der Waals surface area (Å²) in [5.74, 6) is 1.46. The zero-order valence-corrected chi connectivity index (χ0v) is 15.5. The molecule has 0 aliphatic rings. The van der Waals surface area contributed by atoms with E-state index in [9.17, 15) is 4.79 Å². The van der Waals surface area contributed by atoms with Crippen molar-refractivity contribution in [3.63, 3.8) is 0 Å². The first-order valence-corrected chi connectivity index (χ1v) is 8.76. The average Bonchev–Trinajstić information content (AvgIpc) is 2.62. The van der Waals surface area contributed by atoms with Gasteiger partial charge in [-0.15, -0.1) is 0 Å². The van der Waals surface area contributed by atoms with Gasteiger partial charge in [-0.3, -0.25) is 4.79 Å². The van der Waals surface area contributed by atoms with E-state index < -0.39 is 6.10 Å². The Hall–Kier alpha value is -2.49. The molecule has 0 bridgehead atoms. The molecule has 2 aromatic carbocycles. The third-order valence-electron chi connectivity index (χ3n) is 4.12. The first kappa shape index (κ1) is 18.8. The second-order valence-electron chi connectivity index (χ2n) is 6.06. The van der Waals surface area contributed by atoms with Gasteiger partial charge in [-0.2, -0.15) is 0 Å². The summed E-state index contributed by atoms with van der Waals surface area (Å²) in [6, 6.07) is 13.6. The highest BCUT2D eigenvalue weighted by Gasteiger charge is 2.18. The first-order chi connectivity index (χ1) is 12.0. The van der Waals surface area contributed by atoms with E-state index in [1.165, 1.54) is 5.56 Å². The van der Waals surface area contributed by atoms with Gasteiger partial charge in [0, 0.05) is 6.54 Å². The van der Waals surface area contributed by atoms with Crippen LogP contribution in [0.1, 0.15) is 37.0 Å². The van der Waals surface area contributed by atoms with Crippen LogP contribution in [0.25, 0.3) is 0 Å². The van der Waals surface area contributed by atoms with E-state index in [1.54, 1.807) is 0 Å². The molecule has 1 N–H and O–H groups in total. The van der Waals surface area contributed by atoms with Gasteiger partial charge in [-0.05, 0) is 68.1 Å². The number of ether oxygens (including phenoxy) is 2. The van der Waals surface area contributed by atoms with Crippen molar-refractivity contribution in [2.45, 2.75) is 46.8 Å². The molecule has 134 valence electrons. The summed E-state index contributed by atoms with van der Waals surface area (Å²) in [5.41, 5.74) is 3.39. The summed E-state index contributed by atoms with van der Waals surface area (Å²) in [7, 11) is 0. The van der Waals surface area contributed by atoms with Gasteiger partial charge >= 0.3 is 0 Å². The van der Waals surface area contributed by atoms with Gasteiger partial charge in [0.15, 0.2) is 6.10 Å². The van der Waals surface area contributed by atoms with Crippen LogP contribution in [0, 0.1) is 13.8 Å². The minimum Gasteiger partial charge on any atom is -0.494 e. The van der Waals surface area contributed by atoms with E-state index in [-0.39, 0.29) is 5.91 Å². The van der Waals surface area contributed by atoms with Crippen molar-refractivity contribution in [2.24, 2.45) is 0 Å². The van der Waals surface area contributed by atoms with Gasteiger partial charge in [-0.25, -0.2) is 0 Å². The van der Waals surface area contributed by atoms with Crippen molar-refractivity contribution >= 4 is 5.91 Å². The average molecular weight is 341 g/mol. The van der Waals surface area contributed by atoms with Crippen molar-refractivity contribution in [2.75, 3.05) is 6.61 Å². The Morgan fingerprint density at radius 2 is 1.68 bits per heavy atom. The SMILES string of the molecule is CCOc1ccc(CNC(=O)[C@@H](CC)Oc2ccc(C)c(C)c2)cc1. The molecule has 0 aromatic heterocycles. The van der Waals surface area contributed by atoms with Gasteiger partial charge < -0.3 is 14.8 Å². The Kier molecular flexibility index (Phi) is 6.87. The molecule has 0 saturated heterocycles. The lowest BCUT2D eigenvalue weighted by molar-refractivity contribution is -0.128. The maximum Gasteiger partial charge on any atom is 0.261 e. The number of hydrogen-bond donors (Lipinski definition) is 1. The Balaban J connectivity index is 1.91. The normalized spacial score (nSPS) is 11.7. The number of aryl methyl sites for hydroxylation is 2. The largest absolute Gasteiger partial charge is 0.494 e. The molecule has 25 heavy (non-hydrogen) atoms. The molecule has 0 radical (unpaired) electrons. The minimum absolute atomic E-state index is 0.102. The van der Waals surface area contributed by atoms with Crippen LogP contribution >= 0.6 is 0 Å². The highest BCUT2D eigenvalue weighted by molar-refractivity contribution is 5.81. The quantitative estimate of drug-likeness (QED) is 0.784. The first-order valence-electron chi connectivity index (χ1n) is 8.76. The number of carbonyl (C=O) groups is 1. The topological polar surface area (TPSA) is 47.6 Å². The lowest BCUT2D eigenvalue weighted by atomic mass is 10.1. The predicted molar refractivity (Wildman–Crippen MR) is 100 cm³/mol. The molecule has 0 aliphatic carbocycles. The Morgan fingerprint density at radius 1 is 1.00 bits per heavy atom. The molecule has 4 heteroatoms. The summed E-state index contributed by atoms with van der Waals surface area (Å²) in [6.45, 7) is 9.11. The van der Waals surface area contributed by atoms with E-state index in [0.29, 0.717) is 19.6 Å². The molecule has 4 nitrogen and oxygen atoms in total. The van der Waals surface area contributed by atoms with Crippen LogP contribution < -0.4 is 14.8 Å². The lowest BCUT2D eigenvalue weighted by Gasteiger charge is -2.18. The highest BCUT2D eigenvalue weighted by atomic mass is 16.5. The Labute approximate surface area is 150 Å². The molecule has 1 amide bonds. The number of carbonyl (C=O) groups excluding carboxylic acids is 1. The number of nitrogens with one attached hydrogen (secondary N) is 1. The van der Waals surface area contributed by atoms with Gasteiger partial charge in [0.25, 0.3) is 5.91 Å². The fourth-order valence-electron chi connectivity index (χ4n) is 2.45. The summed E-state index contributed by atoms with van der Waals surface area (Å²) in [6.07, 6.45) is 0.118. The van der Waals surface area contributed by atoms with Crippen LogP contribution in [0.4, 0.5) is 0 Å². The lowest BCUT2D eigenvalue weighted by Crippen LogP contribution is -2.37. The third-order valence-corrected chi connectivity index (χ3v) is 4.12. The molecule has 2 aromatic rings. The molecule has 0 aliphatic heterocycles. The smallest absolute Gasteiger partial charge is 0.261 e. The summed E-state index contributed by atoms with van der Waals surface area (Å²) in [5, 5.41) is 2.94. The Bertz CT molecular complexity index is 695. The van der Waals surface area contributed by atoms with Crippen molar-refractivity contribution in [1.29, 1.82) is 0 Å². The Morgan fingerprint density at radius 3 is 2.28 bits per heavy atom. The number of rotatable bonds is 8. The van der Waals surface area contributed by atoms with Crippen LogP contribution in [0.5, 0.6) is 11.5 Å². The number of benzene rings is 2. The summed E-state index contributed by atoms with van der Waals surface area (Å²) < 4.78 is 11.3. The van der Waals surface area contributed by atoms with E-state index in [2.05, 4.69) is 12.2 Å². The maximum atomic E-state index is 12.4. The number of hydrogen-bond acceptors (Lipinski definition) is 3. The van der Waals surface area contributed by atoms with E-state index in [1.807, 2.05) is 63.2 Å². The fourth-order valence-corrected chi connectivity index (χ4v) is 2.45. The highest BCUT2D eigenvalue weighted by Crippen LogP contribution is 2.19. The number of amides is 1. The summed E-state index contributed by atoms with van der Waals surface area (Å²) >= 11 is 0. The van der Waals surface area contributed by atoms with Crippen molar-refractivity contribution in [3.8, 4) is 11.5 Å². The van der Waals surface area contributed by atoms with Crippen LogP contribution in [-0.4, -0.2) is 18.6 Å². The predicted octanol–water partition coefficient (Wildman–Crippen LogP) is 4.18. The monoisotopic (exact) mass is 341 g/mol. The van der Waals surface area contributed by atoms with Gasteiger partial charge in [0.1, 0.15) is 11.5 Å². The third kappa shape index (κ3) is 5.52. The minimum atomic E-state index is -0.496. The van der Waals surface area contributed by atoms with E-state index in [0.717, 1.165) is 22.6 Å². The van der Waals surface area contributed by atoms with Gasteiger partial charge in [0.05, 0.1) is 6.61 Å². The second kappa shape index (κ2) is 9.11. The second-order valence-corrected chi connectivity index (χ2v) is 6.06. The molecular weight excluding hydrogens is 314 g/mol. The van der Waals surface area contributed by atoms with E-state index in [4.69, 9.17) is 9.47 Å². The van der Waals surface area contributed by atoms with Crippen molar-refractivity contribution < 1.29 is 14.3 Å². The molecule has 2 rings (SSSR count). The molecule has 1 atom stereocenters.